The lowest BCUT2D eigenvalue weighted by atomic mass is 9.59. The topological polar surface area (TPSA) is 58.6 Å². The van der Waals surface area contributed by atoms with Crippen LogP contribution in [0.15, 0.2) is 60.7 Å². The van der Waals surface area contributed by atoms with E-state index in [1.54, 1.807) is 41.3 Å². The van der Waals surface area contributed by atoms with E-state index >= 15 is 0 Å². The number of hydrogen-bond donors (Lipinski definition) is 1. The van der Waals surface area contributed by atoms with Crippen molar-refractivity contribution >= 4 is 48.8 Å². The zero-order valence-electron chi connectivity index (χ0n) is 23.1. The number of hydrogen-bond acceptors (Lipinski definition) is 3. The van der Waals surface area contributed by atoms with Crippen LogP contribution in [0.1, 0.15) is 40.6 Å². The largest absolute Gasteiger partial charge is 0.361 e. The molecule has 3 aromatic rings. The molecule has 1 saturated heterocycles. The number of rotatable bonds is 7. The fourth-order valence-corrected chi connectivity index (χ4v) is 7.18. The van der Waals surface area contributed by atoms with E-state index in [1.165, 1.54) is 12.1 Å². The van der Waals surface area contributed by atoms with Crippen LogP contribution in [0.25, 0.3) is 0 Å². The third-order valence-corrected chi connectivity index (χ3v) is 10.2. The van der Waals surface area contributed by atoms with E-state index in [0.29, 0.717) is 39.0 Å². The Bertz CT molecular complexity index is 1480. The summed E-state index contributed by atoms with van der Waals surface area (Å²) in [6.45, 7) is 9.27. The molecule has 5 nitrogen and oxygen atoms in total. The fourth-order valence-electron chi connectivity index (χ4n) is 6.06. The molecule has 3 aromatic carbocycles. The first-order valence-corrected chi connectivity index (χ1v) is 17.9. The lowest BCUT2D eigenvalue weighted by Crippen LogP contribution is -2.58. The number of piperidine rings is 1. The van der Waals surface area contributed by atoms with Gasteiger partial charge in [-0.25, -0.2) is 4.39 Å². The van der Waals surface area contributed by atoms with Gasteiger partial charge in [-0.3, -0.25) is 14.5 Å². The zero-order valence-corrected chi connectivity index (χ0v) is 25.6. The standard InChI is InChI=1S/C31H33Cl2FN2O3Si/c1-19-8-10-23(34)16-24(19)26-17-28(37)35-29(20-6-5-7-21(32)14-20)31(26)25-11-9-22(33)15-27(25)36(30(31)38)18-39-12-13-40(2,3)4/h5-11,14-16,26,29H,12-13,17-18H2,1-4H3,(H,35,37)/t26-,29+,31-/m1/s1. The molecule has 0 saturated carbocycles. The first-order valence-electron chi connectivity index (χ1n) is 13.4. The first kappa shape index (κ1) is 28.8. The summed E-state index contributed by atoms with van der Waals surface area (Å²) in [5.41, 5.74) is 2.17. The van der Waals surface area contributed by atoms with Gasteiger partial charge in [-0.1, -0.05) is 67.1 Å². The summed E-state index contributed by atoms with van der Waals surface area (Å²) in [5.74, 6) is -1.52. The average Bonchev–Trinajstić information content (AvgIpc) is 3.11. The number of anilines is 1. The van der Waals surface area contributed by atoms with Crippen LogP contribution >= 0.6 is 23.2 Å². The normalized spacial score (nSPS) is 22.5. The van der Waals surface area contributed by atoms with Gasteiger partial charge in [0.15, 0.2) is 0 Å². The minimum absolute atomic E-state index is 0.0134. The summed E-state index contributed by atoms with van der Waals surface area (Å²) in [7, 11) is -1.35. The second-order valence-electron chi connectivity index (χ2n) is 11.9. The molecular formula is C31H33Cl2FN2O3Si. The molecule has 0 radical (unpaired) electrons. The quantitative estimate of drug-likeness (QED) is 0.228. The average molecular weight is 600 g/mol. The Labute approximate surface area is 245 Å². The number of carbonyl (C=O) groups excluding carboxylic acids is 2. The molecule has 1 fully saturated rings. The van der Waals surface area contributed by atoms with Crippen LogP contribution < -0.4 is 10.2 Å². The summed E-state index contributed by atoms with van der Waals surface area (Å²) >= 11 is 12.9. The van der Waals surface area contributed by atoms with Gasteiger partial charge in [-0.15, -0.1) is 0 Å². The summed E-state index contributed by atoms with van der Waals surface area (Å²) in [4.78, 5) is 29.9. The van der Waals surface area contributed by atoms with Crippen molar-refractivity contribution in [2.45, 2.75) is 56.4 Å². The van der Waals surface area contributed by atoms with Crippen LogP contribution in [0.3, 0.4) is 0 Å². The predicted octanol–water partition coefficient (Wildman–Crippen LogP) is 7.38. The van der Waals surface area contributed by atoms with E-state index in [0.717, 1.165) is 11.6 Å². The molecule has 2 amide bonds. The zero-order chi connectivity index (χ0) is 28.8. The number of aryl methyl sites for hydroxylation is 1. The minimum Gasteiger partial charge on any atom is -0.361 e. The van der Waals surface area contributed by atoms with E-state index in [9.17, 15) is 14.0 Å². The third kappa shape index (κ3) is 5.20. The van der Waals surface area contributed by atoms with Gasteiger partial charge < -0.3 is 10.1 Å². The van der Waals surface area contributed by atoms with E-state index in [1.807, 2.05) is 19.1 Å². The highest BCUT2D eigenvalue weighted by atomic mass is 35.5. The minimum atomic E-state index is -1.35. The van der Waals surface area contributed by atoms with Crippen molar-refractivity contribution in [3.8, 4) is 0 Å². The van der Waals surface area contributed by atoms with Gasteiger partial charge in [0, 0.05) is 37.1 Å². The molecule has 0 aliphatic carbocycles. The second kappa shape index (κ2) is 10.9. The number of amides is 2. The monoisotopic (exact) mass is 598 g/mol. The predicted molar refractivity (Wildman–Crippen MR) is 160 cm³/mol. The maximum atomic E-state index is 14.9. The van der Waals surface area contributed by atoms with E-state index in [-0.39, 0.29) is 25.0 Å². The highest BCUT2D eigenvalue weighted by molar-refractivity contribution is 6.76. The summed E-state index contributed by atoms with van der Waals surface area (Å²) in [6, 6.07) is 17.3. The van der Waals surface area contributed by atoms with Gasteiger partial charge in [0.1, 0.15) is 18.0 Å². The molecule has 2 aliphatic heterocycles. The highest BCUT2D eigenvalue weighted by Crippen LogP contribution is 2.59. The first-order chi connectivity index (χ1) is 18.9. The molecule has 0 bridgehead atoms. The lowest BCUT2D eigenvalue weighted by molar-refractivity contribution is -0.133. The Balaban J connectivity index is 1.72. The maximum Gasteiger partial charge on any atom is 0.242 e. The van der Waals surface area contributed by atoms with Gasteiger partial charge in [0.05, 0.1) is 11.7 Å². The van der Waals surface area contributed by atoms with Crippen LogP contribution in [0.2, 0.25) is 35.7 Å². The summed E-state index contributed by atoms with van der Waals surface area (Å²) in [5, 5.41) is 4.08. The Hall–Kier alpha value is -2.71. The summed E-state index contributed by atoms with van der Waals surface area (Å²) in [6.07, 6.45) is 0.0134. The van der Waals surface area contributed by atoms with Crippen LogP contribution in [0.5, 0.6) is 0 Å². The summed E-state index contributed by atoms with van der Waals surface area (Å²) < 4.78 is 20.8. The smallest absolute Gasteiger partial charge is 0.242 e. The molecule has 40 heavy (non-hydrogen) atoms. The highest BCUT2D eigenvalue weighted by Gasteiger charge is 2.63. The van der Waals surface area contributed by atoms with Crippen molar-refractivity contribution in [2.75, 3.05) is 18.2 Å². The Kier molecular flexibility index (Phi) is 7.87. The SMILES string of the molecule is Cc1ccc(F)cc1[C@H]1CC(=O)N[C@@H](c2cccc(Cl)c2)[C@]12C(=O)N(COCC[Si](C)(C)C)c1cc(Cl)ccc12. The number of ether oxygens (including phenoxy) is 1. The van der Waals surface area contributed by atoms with Crippen LogP contribution in [-0.2, 0) is 19.7 Å². The van der Waals surface area contributed by atoms with Gasteiger partial charge in [0.2, 0.25) is 11.8 Å². The molecule has 5 rings (SSSR count). The molecular weight excluding hydrogens is 566 g/mol. The molecule has 2 heterocycles. The van der Waals surface area contributed by atoms with Crippen molar-refractivity contribution in [1.82, 2.24) is 5.32 Å². The van der Waals surface area contributed by atoms with E-state index < -0.39 is 31.3 Å². The van der Waals surface area contributed by atoms with Crippen molar-refractivity contribution < 1.29 is 18.7 Å². The molecule has 0 unspecified atom stereocenters. The van der Waals surface area contributed by atoms with Crippen molar-refractivity contribution in [2.24, 2.45) is 0 Å². The van der Waals surface area contributed by atoms with Crippen LogP contribution in [0.4, 0.5) is 10.1 Å². The molecule has 1 spiro atoms. The number of nitrogens with zero attached hydrogens (tertiary/aromatic N) is 1. The third-order valence-electron chi connectivity index (χ3n) is 8.01. The Morgan fingerprint density at radius 2 is 1.80 bits per heavy atom. The van der Waals surface area contributed by atoms with Gasteiger partial charge in [0.25, 0.3) is 0 Å². The molecule has 9 heteroatoms. The van der Waals surface area contributed by atoms with Gasteiger partial charge >= 0.3 is 0 Å². The molecule has 0 aromatic heterocycles. The van der Waals surface area contributed by atoms with Crippen molar-refractivity contribution in [3.05, 3.63) is 98.8 Å². The fraction of sp³-hybridized carbons (Fsp3) is 0.355. The molecule has 2 aliphatic rings. The number of carbonyl (C=O) groups is 2. The second-order valence-corrected chi connectivity index (χ2v) is 18.4. The molecule has 1 N–H and O–H groups in total. The molecule has 3 atom stereocenters. The van der Waals surface area contributed by atoms with Gasteiger partial charge in [-0.05, 0) is 71.6 Å². The van der Waals surface area contributed by atoms with E-state index in [4.69, 9.17) is 27.9 Å². The molecule has 210 valence electrons. The van der Waals surface area contributed by atoms with Gasteiger partial charge in [-0.2, -0.15) is 0 Å². The maximum absolute atomic E-state index is 14.9. The number of halogens is 3. The number of nitrogens with one attached hydrogen (secondary N) is 1. The van der Waals surface area contributed by atoms with E-state index in [2.05, 4.69) is 25.0 Å². The number of benzene rings is 3. The lowest BCUT2D eigenvalue weighted by Gasteiger charge is -2.47. The van der Waals surface area contributed by atoms with Crippen LogP contribution in [-0.4, -0.2) is 33.2 Å². The number of fused-ring (bicyclic) bond motifs is 2. The Morgan fingerprint density at radius 3 is 2.52 bits per heavy atom. The van der Waals surface area contributed by atoms with Crippen LogP contribution in [0, 0.1) is 12.7 Å². The van der Waals surface area contributed by atoms with Crippen molar-refractivity contribution in [3.63, 3.8) is 0 Å². The van der Waals surface area contributed by atoms with Crippen molar-refractivity contribution in [1.29, 1.82) is 0 Å². The Morgan fingerprint density at radius 1 is 1.05 bits per heavy atom.